The maximum absolute atomic E-state index is 12.2. The van der Waals surface area contributed by atoms with Gasteiger partial charge in [-0.25, -0.2) is 14.6 Å². The monoisotopic (exact) mass is 412 g/mol. The van der Waals surface area contributed by atoms with Crippen molar-refractivity contribution in [2.75, 3.05) is 7.11 Å². The first-order chi connectivity index (χ1) is 13.7. The van der Waals surface area contributed by atoms with Gasteiger partial charge in [0.15, 0.2) is 5.16 Å². The van der Waals surface area contributed by atoms with E-state index in [1.807, 2.05) is 55.7 Å². The Balaban J connectivity index is 2.00. The van der Waals surface area contributed by atoms with Crippen molar-refractivity contribution < 1.29 is 19.4 Å². The third-order valence-electron chi connectivity index (χ3n) is 4.59. The van der Waals surface area contributed by atoms with E-state index in [0.29, 0.717) is 16.5 Å². The number of aromatic nitrogens is 2. The number of hydrogen-bond acceptors (Lipinski definition) is 5. The Morgan fingerprint density at radius 1 is 1.17 bits per heavy atom. The molecule has 0 aliphatic heterocycles. The number of nitrogens with zero attached hydrogens (tertiary/aromatic N) is 2. The van der Waals surface area contributed by atoms with Crippen LogP contribution in [-0.4, -0.2) is 33.7 Å². The molecule has 0 bridgehead atoms. The van der Waals surface area contributed by atoms with Crippen molar-refractivity contribution in [2.24, 2.45) is 5.41 Å². The minimum atomic E-state index is -0.893. The Morgan fingerprint density at radius 3 is 2.55 bits per heavy atom. The molecule has 0 aliphatic rings. The van der Waals surface area contributed by atoms with Gasteiger partial charge in [-0.05, 0) is 35.2 Å². The van der Waals surface area contributed by atoms with Gasteiger partial charge in [0.05, 0.1) is 23.7 Å². The Bertz CT molecular complexity index is 1050. The number of benzene rings is 2. The highest BCUT2D eigenvalue weighted by Crippen LogP contribution is 2.38. The van der Waals surface area contributed by atoms with Crippen LogP contribution in [-0.2, 0) is 15.3 Å². The number of aliphatic carboxylic acids is 1. The summed E-state index contributed by atoms with van der Waals surface area (Å²) in [5.41, 5.74) is 2.46. The first-order valence-corrected chi connectivity index (χ1v) is 10.2. The molecular formula is C22H24N2O4S. The molecule has 1 atom stereocenters. The summed E-state index contributed by atoms with van der Waals surface area (Å²) in [5, 5.41) is 10.6. The van der Waals surface area contributed by atoms with Crippen molar-refractivity contribution in [1.29, 1.82) is 0 Å². The summed E-state index contributed by atoms with van der Waals surface area (Å²) in [6, 6.07) is 14.0. The van der Waals surface area contributed by atoms with Crippen LogP contribution >= 0.6 is 11.8 Å². The molecule has 29 heavy (non-hydrogen) atoms. The maximum Gasteiger partial charge on any atom is 0.337 e. The first-order valence-electron chi connectivity index (χ1n) is 9.22. The quantitative estimate of drug-likeness (QED) is 0.463. The summed E-state index contributed by atoms with van der Waals surface area (Å²) in [6.07, 6.45) is 0. The molecule has 0 amide bonds. The minimum Gasteiger partial charge on any atom is -0.480 e. The molecule has 1 N–H and O–H groups in total. The average molecular weight is 413 g/mol. The highest BCUT2D eigenvalue weighted by Gasteiger charge is 2.35. The van der Waals surface area contributed by atoms with E-state index in [-0.39, 0.29) is 5.97 Å². The van der Waals surface area contributed by atoms with E-state index in [4.69, 9.17) is 4.74 Å². The molecule has 2 aromatic carbocycles. The van der Waals surface area contributed by atoms with Crippen molar-refractivity contribution >= 4 is 34.7 Å². The third-order valence-corrected chi connectivity index (χ3v) is 5.62. The first kappa shape index (κ1) is 20.9. The van der Waals surface area contributed by atoms with Crippen LogP contribution in [0.25, 0.3) is 11.0 Å². The standard InChI is InChI=1S/C22H24N2O4S/c1-22(2,3)18(19(25)26)24-17-11-6-5-10-16(17)23-21(24)29-13-14-8-7-9-15(12-14)20(27)28-4/h5-12,18H,13H2,1-4H3,(H,25,26). The molecule has 0 saturated carbocycles. The molecule has 1 aromatic heterocycles. The summed E-state index contributed by atoms with van der Waals surface area (Å²) in [6.45, 7) is 5.73. The fraction of sp³-hybridized carbons (Fsp3) is 0.318. The largest absolute Gasteiger partial charge is 0.480 e. The molecule has 3 aromatic rings. The van der Waals surface area contributed by atoms with Crippen molar-refractivity contribution in [1.82, 2.24) is 9.55 Å². The van der Waals surface area contributed by atoms with Crippen LogP contribution in [0.2, 0.25) is 0 Å². The number of para-hydroxylation sites is 2. The van der Waals surface area contributed by atoms with Gasteiger partial charge >= 0.3 is 11.9 Å². The maximum atomic E-state index is 12.2. The molecule has 0 saturated heterocycles. The highest BCUT2D eigenvalue weighted by atomic mass is 32.2. The lowest BCUT2D eigenvalue weighted by Gasteiger charge is -2.29. The predicted molar refractivity (Wildman–Crippen MR) is 113 cm³/mol. The topological polar surface area (TPSA) is 81.4 Å². The van der Waals surface area contributed by atoms with Crippen LogP contribution < -0.4 is 0 Å². The zero-order chi connectivity index (χ0) is 21.2. The lowest BCUT2D eigenvalue weighted by molar-refractivity contribution is -0.144. The molecule has 7 heteroatoms. The number of carboxylic acid groups (broad SMARTS) is 1. The SMILES string of the molecule is COC(=O)c1cccc(CSc2nc3ccccc3n2C(C(=O)O)C(C)(C)C)c1. The zero-order valence-electron chi connectivity index (χ0n) is 16.9. The van der Waals surface area contributed by atoms with E-state index >= 15 is 0 Å². The van der Waals surface area contributed by atoms with Gasteiger partial charge in [0.25, 0.3) is 0 Å². The Morgan fingerprint density at radius 2 is 1.90 bits per heavy atom. The second kappa shape index (κ2) is 8.29. The molecule has 0 aliphatic carbocycles. The van der Waals surface area contributed by atoms with Crippen molar-refractivity contribution in [2.45, 2.75) is 37.7 Å². The lowest BCUT2D eigenvalue weighted by Crippen LogP contribution is -2.31. The van der Waals surface area contributed by atoms with Gasteiger partial charge in [-0.3, -0.25) is 0 Å². The molecule has 0 radical (unpaired) electrons. The lowest BCUT2D eigenvalue weighted by atomic mass is 9.86. The number of fused-ring (bicyclic) bond motifs is 1. The van der Waals surface area contributed by atoms with E-state index in [1.165, 1.54) is 18.9 Å². The predicted octanol–water partition coefficient (Wildman–Crippen LogP) is 4.79. The van der Waals surface area contributed by atoms with E-state index < -0.39 is 17.4 Å². The van der Waals surface area contributed by atoms with Crippen molar-refractivity contribution in [3.8, 4) is 0 Å². The van der Waals surface area contributed by atoms with Gasteiger partial charge in [0.1, 0.15) is 6.04 Å². The van der Waals surface area contributed by atoms with Gasteiger partial charge in [0, 0.05) is 5.75 Å². The van der Waals surface area contributed by atoms with Gasteiger partial charge < -0.3 is 14.4 Å². The van der Waals surface area contributed by atoms with Crippen LogP contribution in [0.15, 0.2) is 53.7 Å². The molecular weight excluding hydrogens is 388 g/mol. The number of imidazole rings is 1. The molecule has 6 nitrogen and oxygen atoms in total. The van der Waals surface area contributed by atoms with E-state index in [1.54, 1.807) is 18.2 Å². The average Bonchev–Trinajstić information content (AvgIpc) is 3.03. The molecule has 0 fully saturated rings. The van der Waals surface area contributed by atoms with Gasteiger partial charge in [-0.2, -0.15) is 0 Å². The van der Waals surface area contributed by atoms with Gasteiger partial charge in [0.2, 0.25) is 0 Å². The van der Waals surface area contributed by atoms with Crippen molar-refractivity contribution in [3.63, 3.8) is 0 Å². The zero-order valence-corrected chi connectivity index (χ0v) is 17.7. The number of hydrogen-bond donors (Lipinski definition) is 1. The van der Waals surface area contributed by atoms with Crippen LogP contribution in [0.1, 0.15) is 42.7 Å². The van der Waals surface area contributed by atoms with Crippen LogP contribution in [0.3, 0.4) is 0 Å². The number of thioether (sulfide) groups is 1. The Hall–Kier alpha value is -2.80. The molecule has 1 unspecified atom stereocenters. The number of rotatable bonds is 6. The summed E-state index contributed by atoms with van der Waals surface area (Å²) < 4.78 is 6.59. The third kappa shape index (κ3) is 4.45. The number of ether oxygens (including phenoxy) is 1. The summed E-state index contributed by atoms with van der Waals surface area (Å²) in [5.74, 6) is -0.733. The summed E-state index contributed by atoms with van der Waals surface area (Å²) in [4.78, 5) is 28.6. The molecule has 3 rings (SSSR count). The molecule has 0 spiro atoms. The van der Waals surface area contributed by atoms with Crippen LogP contribution in [0, 0.1) is 5.41 Å². The fourth-order valence-corrected chi connectivity index (χ4v) is 4.28. The normalized spacial score (nSPS) is 12.7. The number of carbonyl (C=O) groups excluding carboxylic acids is 1. The van der Waals surface area contributed by atoms with Crippen molar-refractivity contribution in [3.05, 3.63) is 59.7 Å². The van der Waals surface area contributed by atoms with Gasteiger partial charge in [-0.1, -0.05) is 56.8 Å². The van der Waals surface area contributed by atoms with E-state index in [2.05, 4.69) is 4.98 Å². The summed E-state index contributed by atoms with van der Waals surface area (Å²) in [7, 11) is 1.35. The second-order valence-corrected chi connectivity index (χ2v) is 8.78. The van der Waals surface area contributed by atoms with E-state index in [0.717, 1.165) is 16.6 Å². The Kier molecular flexibility index (Phi) is 5.98. The Labute approximate surface area is 173 Å². The fourth-order valence-electron chi connectivity index (χ4n) is 3.30. The number of methoxy groups -OCH3 is 1. The summed E-state index contributed by atoms with van der Waals surface area (Å²) >= 11 is 1.45. The molecule has 1 heterocycles. The van der Waals surface area contributed by atoms with Gasteiger partial charge in [-0.15, -0.1) is 0 Å². The number of carboxylic acids is 1. The molecule has 152 valence electrons. The second-order valence-electron chi connectivity index (χ2n) is 7.84. The van der Waals surface area contributed by atoms with Crippen LogP contribution in [0.5, 0.6) is 0 Å². The minimum absolute atomic E-state index is 0.386. The number of esters is 1. The number of carbonyl (C=O) groups is 2. The van der Waals surface area contributed by atoms with E-state index in [9.17, 15) is 14.7 Å². The smallest absolute Gasteiger partial charge is 0.337 e. The van der Waals surface area contributed by atoms with Crippen LogP contribution in [0.4, 0.5) is 0 Å². The highest BCUT2D eigenvalue weighted by molar-refractivity contribution is 7.98.